The highest BCUT2D eigenvalue weighted by atomic mass is 32.1. The summed E-state index contributed by atoms with van der Waals surface area (Å²) in [6.45, 7) is 1.43. The number of hydrogen-bond donors (Lipinski definition) is 0. The Morgan fingerprint density at radius 2 is 2.53 bits per heavy atom. The molecule has 0 aromatic carbocycles. The predicted molar refractivity (Wildman–Crippen MR) is 61.9 cm³/mol. The van der Waals surface area contributed by atoms with E-state index >= 15 is 0 Å². The van der Waals surface area contributed by atoms with E-state index < -0.39 is 0 Å². The summed E-state index contributed by atoms with van der Waals surface area (Å²) < 4.78 is 4.73. The first kappa shape index (κ1) is 10.5. The van der Waals surface area contributed by atoms with E-state index in [2.05, 4.69) is 10.1 Å². The third-order valence-electron chi connectivity index (χ3n) is 2.99. The Morgan fingerprint density at radius 1 is 1.59 bits per heavy atom. The quantitative estimate of drug-likeness (QED) is 0.813. The van der Waals surface area contributed by atoms with Gasteiger partial charge in [-0.2, -0.15) is 16.3 Å². The van der Waals surface area contributed by atoms with E-state index in [1.54, 1.807) is 0 Å². The first-order valence-corrected chi connectivity index (χ1v) is 6.36. The number of nitrogens with zero attached hydrogens (tertiary/aromatic N) is 3. The van der Waals surface area contributed by atoms with E-state index in [9.17, 15) is 4.79 Å². The van der Waals surface area contributed by atoms with Gasteiger partial charge in [0.05, 0.1) is 5.56 Å². The van der Waals surface area contributed by atoms with Gasteiger partial charge in [0.15, 0.2) is 5.82 Å². The molecule has 1 aliphatic rings. The third-order valence-corrected chi connectivity index (χ3v) is 3.67. The Hall–Kier alpha value is -1.69. The maximum absolute atomic E-state index is 12.1. The van der Waals surface area contributed by atoms with Crippen LogP contribution in [0.4, 0.5) is 0 Å². The molecule has 1 unspecified atom stereocenters. The van der Waals surface area contributed by atoms with Crippen molar-refractivity contribution in [3.8, 4) is 0 Å². The van der Waals surface area contributed by atoms with Gasteiger partial charge in [0.25, 0.3) is 5.91 Å². The topological polar surface area (TPSA) is 59.2 Å². The molecule has 2 aromatic rings. The molecule has 5 nitrogen and oxygen atoms in total. The number of carbonyl (C=O) groups is 1. The Bertz CT molecular complexity index is 495. The molecule has 1 atom stereocenters. The SMILES string of the molecule is O=C(c1ccsc1)N1CCC(c2ncon2)C1. The normalized spacial score (nSPS) is 19.8. The van der Waals surface area contributed by atoms with E-state index in [0.717, 1.165) is 18.5 Å². The van der Waals surface area contributed by atoms with Crippen LogP contribution in [0, 0.1) is 0 Å². The van der Waals surface area contributed by atoms with Gasteiger partial charge in [0, 0.05) is 24.4 Å². The molecule has 3 rings (SSSR count). The molecular formula is C11H11N3O2S. The van der Waals surface area contributed by atoms with Crippen LogP contribution in [0.2, 0.25) is 0 Å². The average molecular weight is 249 g/mol. The maximum Gasteiger partial charge on any atom is 0.254 e. The van der Waals surface area contributed by atoms with Gasteiger partial charge in [-0.15, -0.1) is 0 Å². The number of likely N-dealkylation sites (tertiary alicyclic amines) is 1. The molecule has 0 saturated carbocycles. The van der Waals surface area contributed by atoms with Crippen LogP contribution in [0.25, 0.3) is 0 Å². The summed E-state index contributed by atoms with van der Waals surface area (Å²) in [5.41, 5.74) is 0.767. The highest BCUT2D eigenvalue weighted by molar-refractivity contribution is 7.08. The van der Waals surface area contributed by atoms with Crippen LogP contribution in [0.1, 0.15) is 28.5 Å². The second-order valence-electron chi connectivity index (χ2n) is 4.04. The highest BCUT2D eigenvalue weighted by Gasteiger charge is 2.30. The lowest BCUT2D eigenvalue weighted by Gasteiger charge is -2.14. The zero-order chi connectivity index (χ0) is 11.7. The fraction of sp³-hybridized carbons (Fsp3) is 0.364. The van der Waals surface area contributed by atoms with Crippen molar-refractivity contribution in [1.82, 2.24) is 15.0 Å². The second-order valence-corrected chi connectivity index (χ2v) is 4.82. The van der Waals surface area contributed by atoms with Crippen molar-refractivity contribution >= 4 is 17.2 Å². The van der Waals surface area contributed by atoms with Gasteiger partial charge in [-0.05, 0) is 17.9 Å². The minimum atomic E-state index is 0.0947. The highest BCUT2D eigenvalue weighted by Crippen LogP contribution is 2.25. The molecule has 17 heavy (non-hydrogen) atoms. The van der Waals surface area contributed by atoms with Crippen LogP contribution in [-0.4, -0.2) is 34.0 Å². The predicted octanol–water partition coefficient (Wildman–Crippen LogP) is 1.76. The molecule has 6 heteroatoms. The number of rotatable bonds is 2. The maximum atomic E-state index is 12.1. The van der Waals surface area contributed by atoms with Crippen molar-refractivity contribution < 1.29 is 9.32 Å². The summed E-state index contributed by atoms with van der Waals surface area (Å²) in [4.78, 5) is 18.0. The Morgan fingerprint density at radius 3 is 3.24 bits per heavy atom. The van der Waals surface area contributed by atoms with Gasteiger partial charge in [-0.3, -0.25) is 4.79 Å². The number of aromatic nitrogens is 2. The molecular weight excluding hydrogens is 238 g/mol. The summed E-state index contributed by atoms with van der Waals surface area (Å²) >= 11 is 1.54. The Balaban J connectivity index is 1.70. The van der Waals surface area contributed by atoms with Crippen molar-refractivity contribution in [3.63, 3.8) is 0 Å². The third kappa shape index (κ3) is 1.95. The molecule has 0 N–H and O–H groups in total. The van der Waals surface area contributed by atoms with Crippen LogP contribution in [0.3, 0.4) is 0 Å². The van der Waals surface area contributed by atoms with Gasteiger partial charge in [0.2, 0.25) is 6.39 Å². The van der Waals surface area contributed by atoms with Crippen molar-refractivity contribution in [2.24, 2.45) is 0 Å². The average Bonchev–Trinajstić information content (AvgIpc) is 3.09. The molecule has 0 spiro atoms. The summed E-state index contributed by atoms with van der Waals surface area (Å²) in [5, 5.41) is 7.63. The zero-order valence-corrected chi connectivity index (χ0v) is 9.89. The largest absolute Gasteiger partial charge is 0.343 e. The van der Waals surface area contributed by atoms with Crippen LogP contribution in [0.15, 0.2) is 27.7 Å². The van der Waals surface area contributed by atoms with E-state index in [1.165, 1.54) is 17.7 Å². The zero-order valence-electron chi connectivity index (χ0n) is 9.07. The number of amides is 1. The molecule has 88 valence electrons. The van der Waals surface area contributed by atoms with Crippen molar-refractivity contribution in [2.45, 2.75) is 12.3 Å². The molecule has 1 saturated heterocycles. The molecule has 3 heterocycles. The van der Waals surface area contributed by atoms with Gasteiger partial charge >= 0.3 is 0 Å². The van der Waals surface area contributed by atoms with E-state index in [4.69, 9.17) is 4.52 Å². The van der Waals surface area contributed by atoms with Crippen LogP contribution in [0.5, 0.6) is 0 Å². The van der Waals surface area contributed by atoms with Crippen molar-refractivity contribution in [3.05, 3.63) is 34.6 Å². The standard InChI is InChI=1S/C11H11N3O2S/c15-11(9-2-4-17-6-9)14-3-1-8(5-14)10-12-7-16-13-10/h2,4,6-8H,1,3,5H2. The Labute approximate surface area is 102 Å². The molecule has 0 radical (unpaired) electrons. The molecule has 1 amide bonds. The van der Waals surface area contributed by atoms with Gasteiger partial charge < -0.3 is 9.42 Å². The Kier molecular flexibility index (Phi) is 2.64. The fourth-order valence-electron chi connectivity index (χ4n) is 2.08. The fourth-order valence-corrected chi connectivity index (χ4v) is 2.71. The molecule has 0 aliphatic carbocycles. The molecule has 2 aromatic heterocycles. The molecule has 0 bridgehead atoms. The van der Waals surface area contributed by atoms with Crippen LogP contribution >= 0.6 is 11.3 Å². The van der Waals surface area contributed by atoms with Gasteiger partial charge in [-0.25, -0.2) is 0 Å². The monoisotopic (exact) mass is 249 g/mol. The second kappa shape index (κ2) is 4.29. The van der Waals surface area contributed by atoms with Gasteiger partial charge in [-0.1, -0.05) is 5.16 Å². The van der Waals surface area contributed by atoms with Crippen LogP contribution in [-0.2, 0) is 0 Å². The summed E-state index contributed by atoms with van der Waals surface area (Å²) in [6, 6.07) is 1.86. The van der Waals surface area contributed by atoms with Crippen molar-refractivity contribution in [2.75, 3.05) is 13.1 Å². The summed E-state index contributed by atoms with van der Waals surface area (Å²) in [6.07, 6.45) is 2.23. The smallest absolute Gasteiger partial charge is 0.254 e. The summed E-state index contributed by atoms with van der Waals surface area (Å²) in [5.74, 6) is 0.999. The number of carbonyl (C=O) groups excluding carboxylic acids is 1. The lowest BCUT2D eigenvalue weighted by atomic mass is 10.1. The number of hydrogen-bond acceptors (Lipinski definition) is 5. The number of thiophene rings is 1. The minimum Gasteiger partial charge on any atom is -0.343 e. The van der Waals surface area contributed by atoms with Crippen molar-refractivity contribution in [1.29, 1.82) is 0 Å². The van der Waals surface area contributed by atoms with Gasteiger partial charge in [0.1, 0.15) is 0 Å². The first-order valence-electron chi connectivity index (χ1n) is 5.42. The van der Waals surface area contributed by atoms with E-state index in [-0.39, 0.29) is 11.8 Å². The van der Waals surface area contributed by atoms with Crippen LogP contribution < -0.4 is 0 Å². The summed E-state index contributed by atoms with van der Waals surface area (Å²) in [7, 11) is 0. The minimum absolute atomic E-state index is 0.0947. The lowest BCUT2D eigenvalue weighted by Crippen LogP contribution is -2.28. The molecule has 1 aliphatic heterocycles. The van der Waals surface area contributed by atoms with E-state index in [0.29, 0.717) is 12.4 Å². The molecule has 1 fully saturated rings. The first-order chi connectivity index (χ1) is 8.34. The van der Waals surface area contributed by atoms with E-state index in [1.807, 2.05) is 21.7 Å². The lowest BCUT2D eigenvalue weighted by molar-refractivity contribution is 0.0791.